The molecule has 0 unspecified atom stereocenters. The van der Waals surface area contributed by atoms with E-state index in [1.54, 1.807) is 12.1 Å². The van der Waals surface area contributed by atoms with Crippen molar-refractivity contribution in [3.8, 4) is 5.75 Å². The zero-order valence-corrected chi connectivity index (χ0v) is 19.4. The number of rotatable bonds is 8. The molecule has 0 aliphatic rings. The van der Waals surface area contributed by atoms with E-state index in [0.29, 0.717) is 18.6 Å². The Morgan fingerprint density at radius 3 is 1.76 bits per heavy atom. The van der Waals surface area contributed by atoms with Gasteiger partial charge in [0.15, 0.2) is 0 Å². The average Bonchev–Trinajstić information content (AvgIpc) is 2.76. The van der Waals surface area contributed by atoms with Gasteiger partial charge >= 0.3 is 0 Å². The Morgan fingerprint density at radius 1 is 0.793 bits per heavy atom. The van der Waals surface area contributed by atoms with Gasteiger partial charge < -0.3 is 10.2 Å². The molecule has 29 heavy (non-hydrogen) atoms. The second-order valence-corrected chi connectivity index (χ2v) is 7.55. The van der Waals surface area contributed by atoms with Crippen molar-refractivity contribution in [2.24, 2.45) is 0 Å². The van der Waals surface area contributed by atoms with Crippen molar-refractivity contribution in [1.29, 1.82) is 0 Å². The van der Waals surface area contributed by atoms with E-state index < -0.39 is 5.60 Å². The summed E-state index contributed by atoms with van der Waals surface area (Å²) in [7, 11) is 0. The first-order valence-electron chi connectivity index (χ1n) is 11.2. The highest BCUT2D eigenvalue weighted by Gasteiger charge is 2.30. The average molecular weight is 397 g/mol. The van der Waals surface area contributed by atoms with Crippen molar-refractivity contribution in [2.45, 2.75) is 85.2 Å². The van der Waals surface area contributed by atoms with Crippen molar-refractivity contribution < 1.29 is 10.2 Å². The number of aromatic hydroxyl groups is 1. The Hall–Kier alpha value is -2.06. The highest BCUT2D eigenvalue weighted by atomic mass is 16.3. The molecule has 2 aromatic rings. The van der Waals surface area contributed by atoms with Gasteiger partial charge in [-0.3, -0.25) is 0 Å². The highest BCUT2D eigenvalue weighted by Crippen LogP contribution is 2.40. The molecule has 0 atom stereocenters. The second-order valence-electron chi connectivity index (χ2n) is 7.55. The van der Waals surface area contributed by atoms with Crippen molar-refractivity contribution in [3.63, 3.8) is 0 Å². The lowest BCUT2D eigenvalue weighted by Gasteiger charge is -2.34. The first-order chi connectivity index (χ1) is 13.8. The predicted molar refractivity (Wildman–Crippen MR) is 127 cm³/mol. The molecule has 0 saturated heterocycles. The van der Waals surface area contributed by atoms with E-state index in [2.05, 4.69) is 39.0 Å². The number of hydrogen-bond donors (Lipinski definition) is 2. The van der Waals surface area contributed by atoms with Crippen LogP contribution in [0.1, 0.15) is 89.5 Å². The molecule has 0 saturated carbocycles. The van der Waals surface area contributed by atoms with Crippen LogP contribution >= 0.6 is 0 Å². The molecule has 2 aromatic carbocycles. The van der Waals surface area contributed by atoms with Gasteiger partial charge in [-0.25, -0.2) is 0 Å². The zero-order chi connectivity index (χ0) is 22.1. The molecule has 2 nitrogen and oxygen atoms in total. The van der Waals surface area contributed by atoms with Gasteiger partial charge in [0.2, 0.25) is 0 Å². The summed E-state index contributed by atoms with van der Waals surface area (Å²) in [6.45, 7) is 14.6. The van der Waals surface area contributed by atoms with E-state index in [0.717, 1.165) is 18.4 Å². The van der Waals surface area contributed by atoms with Crippen LogP contribution in [-0.4, -0.2) is 15.8 Å². The normalized spacial score (nSPS) is 12.0. The monoisotopic (exact) mass is 396 g/mol. The smallest absolute Gasteiger partial charge is 0.115 e. The van der Waals surface area contributed by atoms with Gasteiger partial charge in [0.1, 0.15) is 5.75 Å². The molecule has 0 amide bonds. The Labute approximate surface area is 178 Å². The molecule has 0 heterocycles. The lowest BCUT2D eigenvalue weighted by molar-refractivity contribution is 0.0836. The molecule has 0 radical (unpaired) electrons. The Kier molecular flexibility index (Phi) is 9.65. The molecule has 2 N–H and O–H groups in total. The van der Waals surface area contributed by atoms with Gasteiger partial charge in [0, 0.05) is 5.41 Å². The van der Waals surface area contributed by atoms with Crippen molar-refractivity contribution in [3.05, 3.63) is 70.8 Å². The molecular formula is C27H40O2. The van der Waals surface area contributed by atoms with Gasteiger partial charge in [0.25, 0.3) is 0 Å². The predicted octanol–water partition coefficient (Wildman–Crippen LogP) is 7.40. The second kappa shape index (κ2) is 11.2. The van der Waals surface area contributed by atoms with Crippen molar-refractivity contribution in [1.82, 2.24) is 0 Å². The Balaban J connectivity index is 0.00000204. The number of aliphatic hydroxyl groups is 1. The Morgan fingerprint density at radius 2 is 1.31 bits per heavy atom. The minimum Gasteiger partial charge on any atom is -0.508 e. The first-order valence-corrected chi connectivity index (χ1v) is 11.2. The first kappa shape index (κ1) is 25.0. The summed E-state index contributed by atoms with van der Waals surface area (Å²) in [5, 5.41) is 20.2. The van der Waals surface area contributed by atoms with E-state index in [9.17, 15) is 10.2 Å². The summed E-state index contributed by atoms with van der Waals surface area (Å²) in [5.41, 5.74) is 4.10. The van der Waals surface area contributed by atoms with Crippen LogP contribution in [0.2, 0.25) is 0 Å². The maximum Gasteiger partial charge on any atom is 0.115 e. The lowest BCUT2D eigenvalue weighted by Crippen LogP contribution is -2.26. The van der Waals surface area contributed by atoms with Gasteiger partial charge in [-0.1, -0.05) is 84.0 Å². The van der Waals surface area contributed by atoms with E-state index in [1.165, 1.54) is 16.7 Å². The van der Waals surface area contributed by atoms with Crippen LogP contribution in [0.25, 0.3) is 6.08 Å². The molecule has 2 rings (SSSR count). The minimum atomic E-state index is -0.728. The highest BCUT2D eigenvalue weighted by molar-refractivity contribution is 5.57. The van der Waals surface area contributed by atoms with E-state index in [1.807, 2.05) is 52.0 Å². The number of phenols is 1. The number of aryl methyl sites for hydroxylation is 1. The summed E-state index contributed by atoms with van der Waals surface area (Å²) in [6.07, 6.45) is 7.40. The molecular weight excluding hydrogens is 356 g/mol. The molecule has 0 spiro atoms. The fraction of sp³-hybridized carbons (Fsp3) is 0.481. The molecule has 2 heteroatoms. The Bertz CT molecular complexity index is 764. The third kappa shape index (κ3) is 5.73. The largest absolute Gasteiger partial charge is 0.508 e. The summed E-state index contributed by atoms with van der Waals surface area (Å²) < 4.78 is 0. The molecule has 0 fully saturated rings. The van der Waals surface area contributed by atoms with Crippen LogP contribution in [0.15, 0.2) is 48.5 Å². The van der Waals surface area contributed by atoms with Crippen molar-refractivity contribution >= 4 is 6.08 Å². The van der Waals surface area contributed by atoms with Gasteiger partial charge in [0.05, 0.1) is 5.60 Å². The zero-order valence-electron chi connectivity index (χ0n) is 19.4. The summed E-state index contributed by atoms with van der Waals surface area (Å²) in [4.78, 5) is 0. The maximum absolute atomic E-state index is 10.5. The lowest BCUT2D eigenvalue weighted by atomic mass is 9.70. The summed E-state index contributed by atoms with van der Waals surface area (Å²) in [5.74, 6) is 0.302. The molecule has 0 aromatic heterocycles. The molecule has 0 aliphatic carbocycles. The van der Waals surface area contributed by atoms with Crippen LogP contribution in [0.5, 0.6) is 5.75 Å². The quantitative estimate of drug-likeness (QED) is 0.488. The van der Waals surface area contributed by atoms with E-state index in [-0.39, 0.29) is 5.41 Å². The molecule has 0 bridgehead atoms. The third-order valence-electron chi connectivity index (χ3n) is 6.25. The van der Waals surface area contributed by atoms with Gasteiger partial charge in [-0.05, 0) is 67.0 Å². The topological polar surface area (TPSA) is 40.5 Å². The van der Waals surface area contributed by atoms with Crippen LogP contribution < -0.4 is 0 Å². The van der Waals surface area contributed by atoms with Crippen LogP contribution in [-0.2, 0) is 5.41 Å². The summed E-state index contributed by atoms with van der Waals surface area (Å²) in [6, 6.07) is 14.3. The van der Waals surface area contributed by atoms with E-state index in [4.69, 9.17) is 0 Å². The fourth-order valence-corrected chi connectivity index (χ4v) is 3.90. The fourth-order valence-electron chi connectivity index (χ4n) is 3.90. The van der Waals surface area contributed by atoms with Gasteiger partial charge in [-0.2, -0.15) is 0 Å². The van der Waals surface area contributed by atoms with Gasteiger partial charge in [-0.15, -0.1) is 0 Å². The number of phenolic OH excluding ortho intramolecular Hbond substituents is 1. The standard InChI is InChI=1S/C25H34O2.C2H6/c1-6-24(27,7-2)17-16-20-10-11-22(18-19(20)5)25(8-3,9-4)21-12-14-23(26)15-13-21;1-2/h10-18,26-27H,6-9H2,1-5H3;1-2H3/b17-16+;. The number of benzene rings is 2. The maximum atomic E-state index is 10.5. The van der Waals surface area contributed by atoms with Crippen molar-refractivity contribution in [2.75, 3.05) is 0 Å². The molecule has 160 valence electrons. The SMILES string of the molecule is CC.CCC(O)(/C=C/c1ccc(C(CC)(CC)c2ccc(O)cc2)cc1C)CC. The van der Waals surface area contributed by atoms with Crippen LogP contribution in [0, 0.1) is 6.92 Å². The van der Waals surface area contributed by atoms with Crippen LogP contribution in [0.4, 0.5) is 0 Å². The minimum absolute atomic E-state index is 0.0612. The third-order valence-corrected chi connectivity index (χ3v) is 6.25. The van der Waals surface area contributed by atoms with Crippen LogP contribution in [0.3, 0.4) is 0 Å². The van der Waals surface area contributed by atoms with E-state index >= 15 is 0 Å². The molecule has 0 aliphatic heterocycles. The number of hydrogen-bond acceptors (Lipinski definition) is 2. The summed E-state index contributed by atoms with van der Waals surface area (Å²) >= 11 is 0.